The van der Waals surface area contributed by atoms with Crippen LogP contribution in [0, 0.1) is 12.2 Å². The van der Waals surface area contributed by atoms with Crippen LogP contribution in [-0.4, -0.2) is 25.8 Å². The molecule has 0 aromatic carbocycles. The lowest BCUT2D eigenvalue weighted by Crippen LogP contribution is -2.22. The van der Waals surface area contributed by atoms with Gasteiger partial charge in [-0.25, -0.2) is 4.98 Å². The fourth-order valence-electron chi connectivity index (χ4n) is 1.11. The number of H-pyrrole nitrogens is 2. The second kappa shape index (κ2) is 3.76. The standard InChI is InChI=1S/C9H10N5O2/c1-4(2)7(15)13-9-12-6-5(8(16)14-9)10-3-11-6/h4H,1-2H3,(H3,10,11,12,13,14,15,16). The Morgan fingerprint density at radius 1 is 1.50 bits per heavy atom. The summed E-state index contributed by atoms with van der Waals surface area (Å²) in [4.78, 5) is 35.5. The molecule has 0 spiro atoms. The van der Waals surface area contributed by atoms with Gasteiger partial charge in [-0.15, -0.1) is 0 Å². The van der Waals surface area contributed by atoms with Crippen LogP contribution in [0.5, 0.6) is 0 Å². The van der Waals surface area contributed by atoms with Crippen LogP contribution in [0.1, 0.15) is 13.8 Å². The number of anilines is 1. The molecule has 0 atom stereocenters. The molecule has 0 unspecified atom stereocenters. The third kappa shape index (κ3) is 1.79. The summed E-state index contributed by atoms with van der Waals surface area (Å²) in [6.45, 7) is 3.49. The molecule has 2 aromatic rings. The average molecular weight is 220 g/mol. The zero-order valence-corrected chi connectivity index (χ0v) is 8.79. The molecule has 1 radical (unpaired) electrons. The van der Waals surface area contributed by atoms with E-state index in [0.29, 0.717) is 0 Å². The molecule has 0 fully saturated rings. The van der Waals surface area contributed by atoms with Crippen LogP contribution in [0.2, 0.25) is 0 Å². The van der Waals surface area contributed by atoms with E-state index in [1.54, 1.807) is 13.8 Å². The molecule has 0 aliphatic carbocycles. The molecule has 0 aliphatic heterocycles. The van der Waals surface area contributed by atoms with Crippen molar-refractivity contribution in [2.24, 2.45) is 5.92 Å². The first-order valence-corrected chi connectivity index (χ1v) is 4.75. The minimum atomic E-state index is -0.391. The number of nitrogens with zero attached hydrogens (tertiary/aromatic N) is 2. The predicted octanol–water partition coefficient (Wildman–Crippen LogP) is 0.0409. The molecule has 0 bridgehead atoms. The Kier molecular flexibility index (Phi) is 2.43. The zero-order chi connectivity index (χ0) is 11.7. The number of nitrogens with one attached hydrogen (secondary N) is 3. The smallest absolute Gasteiger partial charge is 0.278 e. The first kappa shape index (κ1) is 10.3. The lowest BCUT2D eigenvalue weighted by atomic mass is 10.2. The van der Waals surface area contributed by atoms with E-state index in [1.165, 1.54) is 0 Å². The highest BCUT2D eigenvalue weighted by Gasteiger charge is 2.11. The van der Waals surface area contributed by atoms with E-state index >= 15 is 0 Å². The Labute approximate surface area is 90.3 Å². The van der Waals surface area contributed by atoms with Crippen LogP contribution in [0.25, 0.3) is 11.2 Å². The van der Waals surface area contributed by atoms with Crippen molar-refractivity contribution in [3.05, 3.63) is 16.7 Å². The Hall–Kier alpha value is -2.18. The first-order valence-electron chi connectivity index (χ1n) is 4.75. The number of amides is 1. The number of rotatable bonds is 2. The summed E-state index contributed by atoms with van der Waals surface area (Å²) >= 11 is 0. The third-order valence-electron chi connectivity index (χ3n) is 2.01. The molecular weight excluding hydrogens is 210 g/mol. The van der Waals surface area contributed by atoms with Crippen molar-refractivity contribution < 1.29 is 4.79 Å². The molecule has 7 heteroatoms. The normalized spacial score (nSPS) is 10.9. The van der Waals surface area contributed by atoms with Crippen molar-refractivity contribution >= 4 is 23.0 Å². The van der Waals surface area contributed by atoms with Crippen molar-refractivity contribution in [1.29, 1.82) is 0 Å². The van der Waals surface area contributed by atoms with Crippen LogP contribution in [-0.2, 0) is 4.79 Å². The van der Waals surface area contributed by atoms with E-state index in [-0.39, 0.29) is 28.9 Å². The highest BCUT2D eigenvalue weighted by molar-refractivity contribution is 5.90. The van der Waals surface area contributed by atoms with E-state index in [2.05, 4.69) is 31.6 Å². The summed E-state index contributed by atoms with van der Waals surface area (Å²) < 4.78 is 0. The van der Waals surface area contributed by atoms with Crippen molar-refractivity contribution in [3.63, 3.8) is 0 Å². The molecule has 0 saturated carbocycles. The van der Waals surface area contributed by atoms with Gasteiger partial charge in [0.1, 0.15) is 0 Å². The van der Waals surface area contributed by atoms with Gasteiger partial charge in [0.2, 0.25) is 11.9 Å². The van der Waals surface area contributed by atoms with E-state index in [9.17, 15) is 9.59 Å². The van der Waals surface area contributed by atoms with Crippen LogP contribution >= 0.6 is 0 Å². The fraction of sp³-hybridized carbons (Fsp3) is 0.333. The van der Waals surface area contributed by atoms with Gasteiger partial charge < -0.3 is 4.98 Å². The largest absolute Gasteiger partial charge is 0.329 e. The number of fused-ring (bicyclic) bond motifs is 1. The molecule has 83 valence electrons. The van der Waals surface area contributed by atoms with Crippen LogP contribution in [0.4, 0.5) is 5.95 Å². The number of aromatic amines is 2. The number of carbonyl (C=O) groups is 1. The van der Waals surface area contributed by atoms with Crippen molar-refractivity contribution in [2.45, 2.75) is 13.8 Å². The Balaban J connectivity index is 2.39. The molecule has 2 heterocycles. The van der Waals surface area contributed by atoms with Crippen LogP contribution in [0.15, 0.2) is 4.79 Å². The van der Waals surface area contributed by atoms with Crippen molar-refractivity contribution in [1.82, 2.24) is 19.9 Å². The van der Waals surface area contributed by atoms with Gasteiger partial charge >= 0.3 is 0 Å². The average Bonchev–Trinajstić information content (AvgIpc) is 2.65. The zero-order valence-electron chi connectivity index (χ0n) is 8.79. The Bertz CT molecular complexity index is 583. The molecule has 0 aliphatic rings. The van der Waals surface area contributed by atoms with E-state index in [1.807, 2.05) is 0 Å². The minimum absolute atomic E-state index is 0.0942. The Morgan fingerprint density at radius 2 is 2.25 bits per heavy atom. The van der Waals surface area contributed by atoms with Gasteiger partial charge in [0.25, 0.3) is 5.56 Å². The van der Waals surface area contributed by atoms with Crippen LogP contribution < -0.4 is 10.9 Å². The summed E-state index contributed by atoms with van der Waals surface area (Å²) in [6.07, 6.45) is 2.41. The first-order chi connectivity index (χ1) is 7.58. The summed E-state index contributed by atoms with van der Waals surface area (Å²) in [6, 6.07) is 0. The van der Waals surface area contributed by atoms with E-state index in [4.69, 9.17) is 0 Å². The second-order valence-electron chi connectivity index (χ2n) is 3.61. The predicted molar refractivity (Wildman–Crippen MR) is 56.8 cm³/mol. The molecule has 2 rings (SSSR count). The second-order valence-corrected chi connectivity index (χ2v) is 3.61. The molecule has 3 N–H and O–H groups in total. The van der Waals surface area contributed by atoms with Crippen LogP contribution in [0.3, 0.4) is 0 Å². The van der Waals surface area contributed by atoms with Gasteiger partial charge in [-0.05, 0) is 0 Å². The maximum atomic E-state index is 11.5. The maximum absolute atomic E-state index is 11.5. The Morgan fingerprint density at radius 3 is 2.94 bits per heavy atom. The van der Waals surface area contributed by atoms with Gasteiger partial charge in [0.15, 0.2) is 17.5 Å². The maximum Gasteiger partial charge on any atom is 0.278 e. The quantitative estimate of drug-likeness (QED) is 0.664. The number of carbonyl (C=O) groups excluding carboxylic acids is 1. The van der Waals surface area contributed by atoms with E-state index in [0.717, 1.165) is 0 Å². The summed E-state index contributed by atoms with van der Waals surface area (Å²) in [5.41, 5.74) is 0.0724. The van der Waals surface area contributed by atoms with Gasteiger partial charge in [0, 0.05) is 5.92 Å². The third-order valence-corrected chi connectivity index (χ3v) is 2.01. The van der Waals surface area contributed by atoms with Gasteiger partial charge in [-0.3, -0.25) is 19.9 Å². The summed E-state index contributed by atoms with van der Waals surface area (Å²) in [5.74, 6) is -0.314. The fourth-order valence-corrected chi connectivity index (χ4v) is 1.11. The molecule has 0 saturated heterocycles. The monoisotopic (exact) mass is 220 g/mol. The van der Waals surface area contributed by atoms with Gasteiger partial charge in [0.05, 0.1) is 0 Å². The molecule has 16 heavy (non-hydrogen) atoms. The van der Waals surface area contributed by atoms with Crippen molar-refractivity contribution in [3.8, 4) is 0 Å². The molecular formula is C9H10N5O2. The number of hydrogen-bond donors (Lipinski definition) is 3. The lowest BCUT2D eigenvalue weighted by molar-refractivity contribution is -0.118. The highest BCUT2D eigenvalue weighted by Crippen LogP contribution is 2.04. The number of imidazole rings is 1. The minimum Gasteiger partial charge on any atom is -0.329 e. The number of hydrogen-bond acceptors (Lipinski definition) is 4. The van der Waals surface area contributed by atoms with E-state index < -0.39 is 5.56 Å². The summed E-state index contributed by atoms with van der Waals surface area (Å²) in [5, 5.41) is 2.49. The van der Waals surface area contributed by atoms with Crippen molar-refractivity contribution in [2.75, 3.05) is 5.32 Å². The molecule has 1 amide bonds. The molecule has 7 nitrogen and oxygen atoms in total. The summed E-state index contributed by atoms with van der Waals surface area (Å²) in [7, 11) is 0. The number of aromatic nitrogens is 4. The SMILES string of the molecule is CC(C)C(=O)Nc1nc2n[c][nH]c2c(=O)[nH]1. The highest BCUT2D eigenvalue weighted by atomic mass is 16.2. The topological polar surface area (TPSA) is 104 Å². The molecule has 2 aromatic heterocycles. The lowest BCUT2D eigenvalue weighted by Gasteiger charge is -2.05. The van der Waals surface area contributed by atoms with Gasteiger partial charge in [-0.2, -0.15) is 4.98 Å². The van der Waals surface area contributed by atoms with Gasteiger partial charge in [-0.1, -0.05) is 13.8 Å².